The van der Waals surface area contributed by atoms with Crippen molar-refractivity contribution in [3.8, 4) is 0 Å². The predicted octanol–water partition coefficient (Wildman–Crippen LogP) is 4.19. The average Bonchev–Trinajstić information content (AvgIpc) is 3.08. The van der Waals surface area contributed by atoms with E-state index in [2.05, 4.69) is 64.9 Å². The van der Waals surface area contributed by atoms with Crippen molar-refractivity contribution in [2.24, 2.45) is 11.3 Å². The van der Waals surface area contributed by atoms with E-state index >= 15 is 0 Å². The summed E-state index contributed by atoms with van der Waals surface area (Å²) in [5, 5.41) is 12.3. The molecule has 0 heterocycles. The second-order valence-corrected chi connectivity index (χ2v) is 7.49. The molecule has 4 nitrogen and oxygen atoms in total. The summed E-state index contributed by atoms with van der Waals surface area (Å²) < 4.78 is 6.19. The summed E-state index contributed by atoms with van der Waals surface area (Å²) in [5.74, 6) is 0.773. The van der Waals surface area contributed by atoms with Crippen molar-refractivity contribution in [1.29, 1.82) is 5.41 Å². The Balaban J connectivity index is 3.66. The van der Waals surface area contributed by atoms with E-state index in [1.165, 1.54) is 0 Å². The van der Waals surface area contributed by atoms with Crippen LogP contribution in [0.5, 0.6) is 0 Å². The van der Waals surface area contributed by atoms with Gasteiger partial charge < -0.3 is 9.64 Å². The third-order valence-electron chi connectivity index (χ3n) is 5.94. The maximum absolute atomic E-state index is 8.62. The first kappa shape index (κ1) is 20.9. The Bertz CT molecular complexity index is 513. The van der Waals surface area contributed by atoms with E-state index in [1.54, 1.807) is 7.11 Å². The first-order valence-corrected chi connectivity index (χ1v) is 9.07. The van der Waals surface area contributed by atoms with Gasteiger partial charge in [0.25, 0.3) is 0 Å². The molecule has 0 bridgehead atoms. The summed E-state index contributed by atoms with van der Waals surface area (Å²) in [6, 6.07) is 0.253. The fourth-order valence-electron chi connectivity index (χ4n) is 5.04. The molecule has 1 saturated carbocycles. The number of likely N-dealkylation sites (N-methyl/N-ethyl adjacent to an activating group) is 1. The fourth-order valence-corrected chi connectivity index (χ4v) is 5.04. The van der Waals surface area contributed by atoms with Crippen LogP contribution in [0.15, 0.2) is 24.8 Å². The molecule has 1 aliphatic carbocycles. The molecule has 0 spiro atoms. The van der Waals surface area contributed by atoms with Crippen LogP contribution in [0, 0.1) is 16.7 Å². The summed E-state index contributed by atoms with van der Waals surface area (Å²) in [6.45, 7) is 21.0. The minimum Gasteiger partial charge on any atom is -0.360 e. The van der Waals surface area contributed by atoms with Crippen molar-refractivity contribution in [3.63, 3.8) is 0 Å². The van der Waals surface area contributed by atoms with Crippen molar-refractivity contribution in [2.75, 3.05) is 14.2 Å². The summed E-state index contributed by atoms with van der Waals surface area (Å²) in [6.07, 6.45) is 3.57. The lowest BCUT2D eigenvalue weighted by Gasteiger charge is -2.37. The molecule has 0 aliphatic heterocycles. The number of amidine groups is 1. The largest absolute Gasteiger partial charge is 0.360 e. The monoisotopic (exact) mass is 335 g/mol. The third kappa shape index (κ3) is 2.30. The predicted molar refractivity (Wildman–Crippen MR) is 103 cm³/mol. The smallest absolute Gasteiger partial charge is 0.155 e. The number of hydrogen-bond acceptors (Lipinski definition) is 3. The average molecular weight is 336 g/mol. The second kappa shape index (κ2) is 7.01. The molecule has 2 N–H and O–H groups in total. The SMILES string of the molecule is C=CC(=C)C1(CC)C(NC(C)C)(OC)C1(CC)N(C)C(=N)C(C)C. The van der Waals surface area contributed by atoms with Crippen molar-refractivity contribution in [3.05, 3.63) is 24.8 Å². The summed E-state index contributed by atoms with van der Waals surface area (Å²) in [4.78, 5) is 2.12. The Morgan fingerprint density at radius 2 is 1.79 bits per heavy atom. The van der Waals surface area contributed by atoms with Crippen molar-refractivity contribution in [1.82, 2.24) is 10.2 Å². The first-order valence-electron chi connectivity index (χ1n) is 9.07. The van der Waals surface area contributed by atoms with Gasteiger partial charge in [-0.15, -0.1) is 0 Å². The maximum Gasteiger partial charge on any atom is 0.155 e. The van der Waals surface area contributed by atoms with Gasteiger partial charge in [-0.05, 0) is 32.3 Å². The molecular weight excluding hydrogens is 298 g/mol. The third-order valence-corrected chi connectivity index (χ3v) is 5.94. The molecule has 3 atom stereocenters. The van der Waals surface area contributed by atoms with Gasteiger partial charge in [0.15, 0.2) is 5.72 Å². The van der Waals surface area contributed by atoms with Gasteiger partial charge in [-0.2, -0.15) is 0 Å². The van der Waals surface area contributed by atoms with Crippen LogP contribution < -0.4 is 5.32 Å². The minimum atomic E-state index is -0.584. The fraction of sp³-hybridized carbons (Fsp3) is 0.750. The topological polar surface area (TPSA) is 48.4 Å². The number of ether oxygens (including phenoxy) is 1. The van der Waals surface area contributed by atoms with Crippen molar-refractivity contribution in [2.45, 2.75) is 71.7 Å². The number of allylic oxidation sites excluding steroid dienone is 1. The molecule has 24 heavy (non-hydrogen) atoms. The maximum atomic E-state index is 8.62. The lowest BCUT2D eigenvalue weighted by atomic mass is 9.85. The van der Waals surface area contributed by atoms with E-state index in [4.69, 9.17) is 10.1 Å². The lowest BCUT2D eigenvalue weighted by molar-refractivity contribution is -0.0112. The summed E-state index contributed by atoms with van der Waals surface area (Å²) in [5.41, 5.74) is -0.282. The van der Waals surface area contributed by atoms with Crippen LogP contribution in [-0.4, -0.2) is 42.2 Å². The Kier molecular flexibility index (Phi) is 6.11. The zero-order valence-electron chi connectivity index (χ0n) is 16.9. The van der Waals surface area contributed by atoms with Crippen LogP contribution in [0.2, 0.25) is 0 Å². The van der Waals surface area contributed by atoms with Crippen molar-refractivity contribution < 1.29 is 4.74 Å². The Morgan fingerprint density at radius 3 is 2.08 bits per heavy atom. The van der Waals surface area contributed by atoms with Crippen LogP contribution in [0.1, 0.15) is 54.4 Å². The van der Waals surface area contributed by atoms with E-state index in [9.17, 15) is 0 Å². The van der Waals surface area contributed by atoms with E-state index in [-0.39, 0.29) is 22.9 Å². The van der Waals surface area contributed by atoms with Gasteiger partial charge in [0.05, 0.1) is 16.8 Å². The molecule has 138 valence electrons. The van der Waals surface area contributed by atoms with Gasteiger partial charge in [0.2, 0.25) is 0 Å². The van der Waals surface area contributed by atoms with Gasteiger partial charge in [-0.1, -0.05) is 46.9 Å². The molecule has 0 aromatic carbocycles. The molecule has 1 fully saturated rings. The normalized spacial score (nSPS) is 32.1. The molecule has 3 unspecified atom stereocenters. The van der Waals surface area contributed by atoms with Gasteiger partial charge in [0, 0.05) is 26.1 Å². The lowest BCUT2D eigenvalue weighted by Crippen LogP contribution is -2.53. The molecule has 0 saturated heterocycles. The van der Waals surface area contributed by atoms with Crippen molar-refractivity contribution >= 4 is 5.84 Å². The molecule has 0 radical (unpaired) electrons. The van der Waals surface area contributed by atoms with Crippen LogP contribution in [0.4, 0.5) is 0 Å². The van der Waals surface area contributed by atoms with Crippen LogP contribution >= 0.6 is 0 Å². The van der Waals surface area contributed by atoms with Gasteiger partial charge in [-0.3, -0.25) is 10.7 Å². The zero-order chi connectivity index (χ0) is 18.9. The molecule has 0 aromatic heterocycles. The molecular formula is C20H37N3O. The number of nitrogens with zero attached hydrogens (tertiary/aromatic N) is 1. The standard InChI is InChI=1S/C20H37N3O/c1-11-16(8)18(12-2)19(13-3,23(9)17(21)14(4)5)20(18,24-10)22-15(6)7/h11,14-15,21-22H,1,8,12-13H2,2-7,9-10H3. The van der Waals surface area contributed by atoms with Crippen LogP contribution in [-0.2, 0) is 4.74 Å². The van der Waals surface area contributed by atoms with Gasteiger partial charge in [-0.25, -0.2) is 0 Å². The Hall–Kier alpha value is -1.13. The van der Waals surface area contributed by atoms with Gasteiger partial charge >= 0.3 is 0 Å². The molecule has 4 heteroatoms. The molecule has 1 aliphatic rings. The highest BCUT2D eigenvalue weighted by Crippen LogP contribution is 2.75. The van der Waals surface area contributed by atoms with Crippen LogP contribution in [0.3, 0.4) is 0 Å². The first-order chi connectivity index (χ1) is 11.1. The Labute approximate surface area is 148 Å². The molecule has 1 rings (SSSR count). The number of hydrogen-bond donors (Lipinski definition) is 2. The number of nitrogens with one attached hydrogen (secondary N) is 2. The minimum absolute atomic E-state index is 0.152. The Morgan fingerprint density at radius 1 is 1.25 bits per heavy atom. The quantitative estimate of drug-likeness (QED) is 0.287. The zero-order valence-corrected chi connectivity index (χ0v) is 16.9. The number of rotatable bonds is 9. The molecule has 0 amide bonds. The second-order valence-electron chi connectivity index (χ2n) is 7.49. The van der Waals surface area contributed by atoms with Gasteiger partial charge in [0.1, 0.15) is 0 Å². The summed E-state index contributed by atoms with van der Waals surface area (Å²) >= 11 is 0. The number of methoxy groups -OCH3 is 1. The molecule has 0 aromatic rings. The van der Waals surface area contributed by atoms with Crippen LogP contribution in [0.25, 0.3) is 0 Å². The van der Waals surface area contributed by atoms with E-state index in [0.29, 0.717) is 5.84 Å². The highest BCUT2D eigenvalue weighted by atomic mass is 16.5. The van der Waals surface area contributed by atoms with E-state index in [0.717, 1.165) is 18.4 Å². The highest BCUT2D eigenvalue weighted by molar-refractivity contribution is 5.83. The summed E-state index contributed by atoms with van der Waals surface area (Å²) in [7, 11) is 3.79. The van der Waals surface area contributed by atoms with E-state index in [1.807, 2.05) is 13.1 Å². The van der Waals surface area contributed by atoms with E-state index < -0.39 is 5.72 Å². The highest BCUT2D eigenvalue weighted by Gasteiger charge is 2.89.